The van der Waals surface area contributed by atoms with Gasteiger partial charge in [-0.1, -0.05) is 20.8 Å². The normalized spacial score (nSPS) is 11.6. The summed E-state index contributed by atoms with van der Waals surface area (Å²) >= 11 is 0. The van der Waals surface area contributed by atoms with Crippen LogP contribution in [-0.4, -0.2) is 22.7 Å². The number of nitrogens with zero attached hydrogens (tertiary/aromatic N) is 2. The van der Waals surface area contributed by atoms with Gasteiger partial charge in [0.25, 0.3) is 0 Å². The van der Waals surface area contributed by atoms with Crippen molar-refractivity contribution in [1.82, 2.24) is 9.78 Å². The number of hydrogen-bond donors (Lipinski definition) is 0. The number of rotatable bonds is 6. The van der Waals surface area contributed by atoms with E-state index >= 15 is 0 Å². The predicted molar refractivity (Wildman–Crippen MR) is 67.4 cm³/mol. The lowest BCUT2D eigenvalue weighted by molar-refractivity contribution is -0.118. The minimum absolute atomic E-state index is 0.182. The Morgan fingerprint density at radius 2 is 2.18 bits per heavy atom. The fourth-order valence-electron chi connectivity index (χ4n) is 2.29. The lowest BCUT2D eigenvalue weighted by atomic mass is 9.83. The fourth-order valence-corrected chi connectivity index (χ4v) is 2.29. The van der Waals surface area contributed by atoms with Gasteiger partial charge in [-0.2, -0.15) is 5.10 Å². The highest BCUT2D eigenvalue weighted by Gasteiger charge is 2.30. The SMILES string of the molecule is CCCn1ncc(OC)c1C(C)(C)CC(C)=O. The Morgan fingerprint density at radius 1 is 1.53 bits per heavy atom. The van der Waals surface area contributed by atoms with E-state index in [1.807, 2.05) is 4.68 Å². The Labute approximate surface area is 103 Å². The Kier molecular flexibility index (Phi) is 4.32. The molecule has 1 aromatic heterocycles. The molecule has 0 atom stereocenters. The molecule has 0 radical (unpaired) electrons. The molecular weight excluding hydrogens is 216 g/mol. The molecule has 0 amide bonds. The van der Waals surface area contributed by atoms with E-state index in [0.29, 0.717) is 6.42 Å². The number of ether oxygens (including phenoxy) is 1. The number of hydrogen-bond acceptors (Lipinski definition) is 3. The van der Waals surface area contributed by atoms with Crippen molar-refractivity contribution in [2.75, 3.05) is 7.11 Å². The summed E-state index contributed by atoms with van der Waals surface area (Å²) in [4.78, 5) is 11.4. The highest BCUT2D eigenvalue weighted by molar-refractivity contribution is 5.77. The molecule has 4 nitrogen and oxygen atoms in total. The van der Waals surface area contributed by atoms with Gasteiger partial charge >= 0.3 is 0 Å². The number of aromatic nitrogens is 2. The topological polar surface area (TPSA) is 44.1 Å². The van der Waals surface area contributed by atoms with Crippen molar-refractivity contribution >= 4 is 5.78 Å². The molecule has 0 unspecified atom stereocenters. The standard InChI is InChI=1S/C13H22N2O2/c1-6-7-15-12(11(17-5)9-14-15)13(3,4)8-10(2)16/h9H,6-8H2,1-5H3. The maximum Gasteiger partial charge on any atom is 0.160 e. The van der Waals surface area contributed by atoms with E-state index in [1.165, 1.54) is 0 Å². The summed E-state index contributed by atoms with van der Waals surface area (Å²) in [7, 11) is 1.64. The van der Waals surface area contributed by atoms with Crippen LogP contribution in [0.15, 0.2) is 6.20 Å². The summed E-state index contributed by atoms with van der Waals surface area (Å²) in [5.41, 5.74) is 0.764. The van der Waals surface area contributed by atoms with Crippen LogP contribution in [0.1, 0.15) is 46.2 Å². The van der Waals surface area contributed by atoms with E-state index in [0.717, 1.165) is 24.4 Å². The van der Waals surface area contributed by atoms with Crippen molar-refractivity contribution in [3.63, 3.8) is 0 Å². The molecule has 0 aliphatic rings. The van der Waals surface area contributed by atoms with Crippen LogP contribution in [0.2, 0.25) is 0 Å². The first-order chi connectivity index (χ1) is 7.92. The second-order valence-corrected chi connectivity index (χ2v) is 5.05. The molecule has 0 fully saturated rings. The molecule has 0 aliphatic carbocycles. The van der Waals surface area contributed by atoms with Gasteiger partial charge in [0, 0.05) is 18.4 Å². The van der Waals surface area contributed by atoms with E-state index < -0.39 is 0 Å². The van der Waals surface area contributed by atoms with Crippen LogP contribution in [0, 0.1) is 0 Å². The van der Waals surface area contributed by atoms with Gasteiger partial charge in [-0.25, -0.2) is 0 Å². The van der Waals surface area contributed by atoms with Gasteiger partial charge in [0.05, 0.1) is 19.0 Å². The lowest BCUT2D eigenvalue weighted by Gasteiger charge is -2.25. The summed E-state index contributed by atoms with van der Waals surface area (Å²) in [5.74, 6) is 0.950. The van der Waals surface area contributed by atoms with Crippen LogP contribution >= 0.6 is 0 Å². The first-order valence-corrected chi connectivity index (χ1v) is 6.02. The number of Topliss-reactive ketones (excluding diaryl/α,β-unsaturated/α-hetero) is 1. The van der Waals surface area contributed by atoms with Gasteiger partial charge in [-0.05, 0) is 13.3 Å². The Balaban J connectivity index is 3.15. The Bertz CT molecular complexity index is 394. The van der Waals surface area contributed by atoms with Crippen molar-refractivity contribution in [2.24, 2.45) is 0 Å². The van der Waals surface area contributed by atoms with Gasteiger partial charge < -0.3 is 4.74 Å². The smallest absolute Gasteiger partial charge is 0.160 e. The third kappa shape index (κ3) is 3.08. The van der Waals surface area contributed by atoms with E-state index in [4.69, 9.17) is 4.74 Å². The van der Waals surface area contributed by atoms with Gasteiger partial charge in [0.15, 0.2) is 5.75 Å². The summed E-state index contributed by atoms with van der Waals surface area (Å²) in [6.45, 7) is 8.69. The van der Waals surface area contributed by atoms with Gasteiger partial charge in [-0.15, -0.1) is 0 Å². The summed E-state index contributed by atoms with van der Waals surface area (Å²) in [5, 5.41) is 4.33. The molecule has 0 N–H and O–H groups in total. The third-order valence-electron chi connectivity index (χ3n) is 2.79. The van der Waals surface area contributed by atoms with E-state index in [9.17, 15) is 4.79 Å². The monoisotopic (exact) mass is 238 g/mol. The molecule has 0 saturated heterocycles. The van der Waals surface area contributed by atoms with E-state index in [-0.39, 0.29) is 11.2 Å². The van der Waals surface area contributed by atoms with Gasteiger partial charge in [0.1, 0.15) is 5.78 Å². The molecule has 17 heavy (non-hydrogen) atoms. The zero-order valence-corrected chi connectivity index (χ0v) is 11.4. The zero-order valence-electron chi connectivity index (χ0n) is 11.4. The van der Waals surface area contributed by atoms with E-state index in [2.05, 4.69) is 25.9 Å². The minimum atomic E-state index is -0.247. The van der Waals surface area contributed by atoms with Crippen LogP contribution in [0.3, 0.4) is 0 Å². The molecule has 96 valence electrons. The molecule has 1 heterocycles. The Hall–Kier alpha value is -1.32. The first kappa shape index (κ1) is 13.7. The largest absolute Gasteiger partial charge is 0.493 e. The molecule has 1 rings (SSSR count). The van der Waals surface area contributed by atoms with Crippen molar-refractivity contribution in [3.05, 3.63) is 11.9 Å². The summed E-state index contributed by atoms with van der Waals surface area (Å²) in [6, 6.07) is 0. The molecule has 0 saturated carbocycles. The molecule has 0 aromatic carbocycles. The molecule has 0 bridgehead atoms. The maximum absolute atomic E-state index is 11.4. The quantitative estimate of drug-likeness (QED) is 0.765. The number of methoxy groups -OCH3 is 1. The zero-order chi connectivity index (χ0) is 13.1. The molecule has 0 aliphatic heterocycles. The lowest BCUT2D eigenvalue weighted by Crippen LogP contribution is -2.25. The molecule has 4 heteroatoms. The predicted octanol–water partition coefficient (Wildman–Crippen LogP) is 2.56. The number of carbonyl (C=O) groups is 1. The summed E-state index contributed by atoms with van der Waals surface area (Å²) < 4.78 is 7.29. The highest BCUT2D eigenvalue weighted by atomic mass is 16.5. The van der Waals surface area contributed by atoms with Crippen LogP contribution in [0.5, 0.6) is 5.75 Å². The fraction of sp³-hybridized carbons (Fsp3) is 0.692. The average molecular weight is 238 g/mol. The van der Waals surface area contributed by atoms with Crippen LogP contribution in [-0.2, 0) is 16.8 Å². The third-order valence-corrected chi connectivity index (χ3v) is 2.79. The number of aryl methyl sites for hydroxylation is 1. The van der Waals surface area contributed by atoms with E-state index in [1.54, 1.807) is 20.2 Å². The van der Waals surface area contributed by atoms with Gasteiger partial charge in [0.2, 0.25) is 0 Å². The van der Waals surface area contributed by atoms with Crippen LogP contribution in [0.25, 0.3) is 0 Å². The van der Waals surface area contributed by atoms with Gasteiger partial charge in [-0.3, -0.25) is 9.48 Å². The molecule has 1 aromatic rings. The van der Waals surface area contributed by atoms with Crippen molar-refractivity contribution in [1.29, 1.82) is 0 Å². The summed E-state index contributed by atoms with van der Waals surface area (Å²) in [6.07, 6.45) is 3.24. The second kappa shape index (κ2) is 5.34. The second-order valence-electron chi connectivity index (χ2n) is 5.05. The first-order valence-electron chi connectivity index (χ1n) is 6.02. The molecule has 0 spiro atoms. The maximum atomic E-state index is 11.4. The Morgan fingerprint density at radius 3 is 2.65 bits per heavy atom. The van der Waals surface area contributed by atoms with Crippen LogP contribution < -0.4 is 4.74 Å². The average Bonchev–Trinajstić information content (AvgIpc) is 2.60. The van der Waals surface area contributed by atoms with Crippen LogP contribution in [0.4, 0.5) is 0 Å². The van der Waals surface area contributed by atoms with Crippen molar-refractivity contribution in [2.45, 2.75) is 52.5 Å². The number of carbonyl (C=O) groups excluding carboxylic acids is 1. The molecular formula is C13H22N2O2. The minimum Gasteiger partial charge on any atom is -0.493 e. The highest BCUT2D eigenvalue weighted by Crippen LogP contribution is 2.34. The number of ketones is 1. The van der Waals surface area contributed by atoms with Crippen molar-refractivity contribution in [3.8, 4) is 5.75 Å². The van der Waals surface area contributed by atoms with Crippen molar-refractivity contribution < 1.29 is 9.53 Å².